The van der Waals surface area contributed by atoms with E-state index in [9.17, 15) is 31.1 Å². The largest absolute Gasteiger partial charge is 0.416 e. The predicted molar refractivity (Wildman–Crippen MR) is 120 cm³/mol. The van der Waals surface area contributed by atoms with E-state index in [0.717, 1.165) is 5.56 Å². The third-order valence-electron chi connectivity index (χ3n) is 5.33. The molecule has 0 unspecified atom stereocenters. The highest BCUT2D eigenvalue weighted by Gasteiger charge is 2.37. The predicted octanol–water partition coefficient (Wildman–Crippen LogP) is 7.80. The van der Waals surface area contributed by atoms with Crippen LogP contribution in [0.1, 0.15) is 34.2 Å². The van der Waals surface area contributed by atoms with E-state index in [1.54, 1.807) is 36.4 Å². The first-order chi connectivity index (χ1) is 16.8. The Morgan fingerprint density at radius 1 is 0.861 bits per heavy atom. The van der Waals surface area contributed by atoms with Crippen molar-refractivity contribution in [2.24, 2.45) is 0 Å². The molecule has 1 aliphatic heterocycles. The molecule has 3 aromatic rings. The monoisotopic (exact) mass is 527 g/mol. The molecule has 4 rings (SSSR count). The molecule has 0 spiro atoms. The quantitative estimate of drug-likeness (QED) is 0.278. The molecule has 1 heterocycles. The van der Waals surface area contributed by atoms with Gasteiger partial charge >= 0.3 is 12.4 Å². The second-order valence-corrected chi connectivity index (χ2v) is 8.38. The molecule has 188 valence electrons. The van der Waals surface area contributed by atoms with Crippen LogP contribution in [0.3, 0.4) is 0 Å². The minimum absolute atomic E-state index is 0.000382. The summed E-state index contributed by atoms with van der Waals surface area (Å²) in [6, 6.07) is 12.7. The molecular formula is C25H16ClF6NO3. The van der Waals surface area contributed by atoms with Crippen molar-refractivity contribution in [1.82, 2.24) is 0 Å². The summed E-state index contributed by atoms with van der Waals surface area (Å²) in [6.45, 7) is 1.82. The molecule has 0 aromatic heterocycles. The summed E-state index contributed by atoms with van der Waals surface area (Å²) in [5, 5.41) is 2.47. The van der Waals surface area contributed by atoms with E-state index in [2.05, 4.69) is 5.32 Å². The minimum atomic E-state index is -5.05. The molecule has 4 nitrogen and oxygen atoms in total. The summed E-state index contributed by atoms with van der Waals surface area (Å²) < 4.78 is 79.0. The zero-order valence-electron chi connectivity index (χ0n) is 18.4. The lowest BCUT2D eigenvalue weighted by Crippen LogP contribution is -2.19. The molecule has 0 bridgehead atoms. The maximum atomic E-state index is 13.2. The van der Waals surface area contributed by atoms with Gasteiger partial charge in [-0.25, -0.2) is 0 Å². The zero-order valence-corrected chi connectivity index (χ0v) is 19.1. The Morgan fingerprint density at radius 3 is 2.11 bits per heavy atom. The van der Waals surface area contributed by atoms with Crippen molar-refractivity contribution in [2.75, 3.05) is 5.32 Å². The van der Waals surface area contributed by atoms with E-state index in [4.69, 9.17) is 21.4 Å². The average Bonchev–Trinajstić information content (AvgIpc) is 2.78. The molecule has 0 saturated heterocycles. The third kappa shape index (κ3) is 5.43. The Morgan fingerprint density at radius 2 is 1.50 bits per heavy atom. The van der Waals surface area contributed by atoms with Gasteiger partial charge in [-0.3, -0.25) is 14.6 Å². The molecule has 3 aromatic carbocycles. The van der Waals surface area contributed by atoms with Crippen molar-refractivity contribution in [1.29, 1.82) is 0 Å². The fraction of sp³-hybridized carbons (Fsp3) is 0.160. The highest BCUT2D eigenvalue weighted by molar-refractivity contribution is 6.30. The van der Waals surface area contributed by atoms with Gasteiger partial charge in [-0.1, -0.05) is 35.9 Å². The van der Waals surface area contributed by atoms with Crippen LogP contribution in [-0.2, 0) is 22.0 Å². The van der Waals surface area contributed by atoms with Crippen LogP contribution >= 0.6 is 11.6 Å². The first-order valence-electron chi connectivity index (χ1n) is 10.4. The zero-order chi connectivity index (χ0) is 26.3. The number of anilines is 1. The van der Waals surface area contributed by atoms with Crippen LogP contribution in [0.5, 0.6) is 5.75 Å². The number of halogens is 7. The molecule has 0 fully saturated rings. The van der Waals surface area contributed by atoms with Crippen LogP contribution in [0.2, 0.25) is 5.02 Å². The number of alkyl halides is 6. The fourth-order valence-corrected chi connectivity index (χ4v) is 3.87. The van der Waals surface area contributed by atoms with Gasteiger partial charge in [0.1, 0.15) is 0 Å². The van der Waals surface area contributed by atoms with Crippen molar-refractivity contribution in [2.45, 2.75) is 25.7 Å². The van der Waals surface area contributed by atoms with Crippen LogP contribution in [0.15, 0.2) is 66.4 Å². The van der Waals surface area contributed by atoms with Crippen molar-refractivity contribution in [3.8, 4) is 5.75 Å². The van der Waals surface area contributed by atoms with Gasteiger partial charge in [-0.15, -0.1) is 0 Å². The summed E-state index contributed by atoms with van der Waals surface area (Å²) >= 11 is 6.15. The van der Waals surface area contributed by atoms with E-state index in [0.29, 0.717) is 39.6 Å². The molecule has 1 aliphatic rings. The third-order valence-corrected chi connectivity index (χ3v) is 5.56. The van der Waals surface area contributed by atoms with E-state index in [1.165, 1.54) is 0 Å². The molecule has 0 saturated carbocycles. The molecule has 36 heavy (non-hydrogen) atoms. The topological polar surface area (TPSA) is 47.6 Å². The number of hydrogen-bond acceptors (Lipinski definition) is 3. The smallest absolute Gasteiger partial charge is 0.326 e. The normalized spacial score (nSPS) is 13.6. The Kier molecular flexibility index (Phi) is 6.66. The Bertz CT molecular complexity index is 1330. The molecule has 11 heteroatoms. The highest BCUT2D eigenvalue weighted by atomic mass is 35.5. The average molecular weight is 528 g/mol. The van der Waals surface area contributed by atoms with Gasteiger partial charge in [0.2, 0.25) is 5.91 Å². The van der Waals surface area contributed by atoms with Crippen LogP contribution < -0.4 is 10.2 Å². The molecule has 0 atom stereocenters. The number of aryl methyl sites for hydroxylation is 1. The Labute approximate surface area is 206 Å². The number of fused-ring (bicyclic) bond motifs is 1. The summed E-state index contributed by atoms with van der Waals surface area (Å²) in [5.74, 6) is -0.605. The van der Waals surface area contributed by atoms with Crippen molar-refractivity contribution < 1.29 is 40.9 Å². The van der Waals surface area contributed by atoms with Crippen LogP contribution in [0, 0.1) is 6.92 Å². The van der Waals surface area contributed by atoms with Gasteiger partial charge in [0.15, 0.2) is 11.5 Å². The number of nitrogens with one attached hydrogen (secondary N) is 1. The Balaban J connectivity index is 1.73. The standard InChI is InChI=1S/C25H16ClF6NO3/c1-13-4-2-3-5-18(13)23-19-11-16(26)6-7-20(19)35-36-21(23)12-22(34)33-17-9-14(24(27,28)29)8-15(10-17)25(30,31)32/h2-11H,12H2,1H3,(H,33,34). The lowest BCUT2D eigenvalue weighted by molar-refractivity contribution is -0.172. The van der Waals surface area contributed by atoms with Gasteiger partial charge in [0.25, 0.3) is 0 Å². The molecule has 1 N–H and O–H groups in total. The van der Waals surface area contributed by atoms with Gasteiger partial charge in [-0.2, -0.15) is 26.3 Å². The molecule has 1 amide bonds. The Hall–Kier alpha value is -3.66. The maximum Gasteiger partial charge on any atom is 0.416 e. The fourth-order valence-electron chi connectivity index (χ4n) is 3.70. The number of carbonyl (C=O) groups excluding carboxylic acids is 1. The highest BCUT2D eigenvalue weighted by Crippen LogP contribution is 2.42. The van der Waals surface area contributed by atoms with Gasteiger partial charge in [0, 0.05) is 21.8 Å². The van der Waals surface area contributed by atoms with Crippen molar-refractivity contribution in [3.05, 3.63) is 99.3 Å². The van der Waals surface area contributed by atoms with Crippen LogP contribution in [0.4, 0.5) is 32.0 Å². The molecule has 0 radical (unpaired) electrons. The maximum absolute atomic E-state index is 13.2. The van der Waals surface area contributed by atoms with Gasteiger partial charge < -0.3 is 5.32 Å². The summed E-state index contributed by atoms with van der Waals surface area (Å²) in [7, 11) is 0. The van der Waals surface area contributed by atoms with E-state index in [1.807, 2.05) is 13.0 Å². The summed E-state index contributed by atoms with van der Waals surface area (Å²) in [5.41, 5.74) is -1.32. The van der Waals surface area contributed by atoms with E-state index in [-0.39, 0.29) is 11.8 Å². The van der Waals surface area contributed by atoms with Crippen molar-refractivity contribution >= 4 is 28.8 Å². The second-order valence-electron chi connectivity index (χ2n) is 7.94. The van der Waals surface area contributed by atoms with Crippen molar-refractivity contribution in [3.63, 3.8) is 0 Å². The molecular weight excluding hydrogens is 512 g/mol. The second kappa shape index (κ2) is 9.42. The van der Waals surface area contributed by atoms with Crippen LogP contribution in [-0.4, -0.2) is 5.91 Å². The number of amides is 1. The number of benzene rings is 3. The van der Waals surface area contributed by atoms with Gasteiger partial charge in [-0.05, 0) is 54.4 Å². The first-order valence-corrected chi connectivity index (χ1v) is 10.7. The number of carbonyl (C=O) groups is 1. The lowest BCUT2D eigenvalue weighted by Gasteiger charge is -2.24. The van der Waals surface area contributed by atoms with E-state index < -0.39 is 41.5 Å². The molecule has 0 aliphatic carbocycles. The van der Waals surface area contributed by atoms with E-state index >= 15 is 0 Å². The first kappa shape index (κ1) is 25.4. The van der Waals surface area contributed by atoms with Crippen LogP contribution in [0.25, 0.3) is 5.57 Å². The lowest BCUT2D eigenvalue weighted by atomic mass is 9.91. The SMILES string of the molecule is Cc1ccccc1C1=C(CC(=O)Nc2cc(C(F)(F)F)cc(C(F)(F)F)c2)OOc2ccc(Cl)cc21. The number of rotatable bonds is 4. The minimum Gasteiger partial charge on any atom is -0.326 e. The summed E-state index contributed by atoms with van der Waals surface area (Å²) in [6.07, 6.45) is -10.7. The number of hydrogen-bond donors (Lipinski definition) is 1. The van der Waals surface area contributed by atoms with Gasteiger partial charge in [0.05, 0.1) is 17.5 Å². The summed E-state index contributed by atoms with van der Waals surface area (Å²) in [4.78, 5) is 23.4.